The Morgan fingerprint density at radius 2 is 2.18 bits per heavy atom. The minimum atomic E-state index is -0.0590. The molecule has 2 N–H and O–H groups in total. The number of rotatable bonds is 6. The van der Waals surface area contributed by atoms with Crippen LogP contribution in [-0.4, -0.2) is 57.7 Å². The van der Waals surface area contributed by atoms with E-state index in [1.165, 1.54) is 5.56 Å². The van der Waals surface area contributed by atoms with Gasteiger partial charge in [0.05, 0.1) is 6.20 Å². The number of amides is 1. The molecule has 6 heteroatoms. The number of hydrogen-bond acceptors (Lipinski definition) is 4. The average molecular weight is 307 g/mol. The fourth-order valence-corrected chi connectivity index (χ4v) is 2.88. The molecule has 124 valence electrons. The van der Waals surface area contributed by atoms with E-state index in [2.05, 4.69) is 23.1 Å². The number of aryl methyl sites for hydroxylation is 1. The topological polar surface area (TPSA) is 67.4 Å². The van der Waals surface area contributed by atoms with Crippen molar-refractivity contribution in [2.24, 2.45) is 5.73 Å². The van der Waals surface area contributed by atoms with E-state index in [-0.39, 0.29) is 11.9 Å². The number of carbonyl (C=O) groups excluding carboxylic acids is 1. The second kappa shape index (κ2) is 8.29. The summed E-state index contributed by atoms with van der Waals surface area (Å²) in [6.45, 7) is 9.52. The van der Waals surface area contributed by atoms with Gasteiger partial charge in [-0.2, -0.15) is 5.10 Å². The summed E-state index contributed by atoms with van der Waals surface area (Å²) >= 11 is 0. The summed E-state index contributed by atoms with van der Waals surface area (Å²) in [6, 6.07) is -0.0590. The minimum Gasteiger partial charge on any atom is -0.341 e. The Morgan fingerprint density at radius 3 is 2.91 bits per heavy atom. The molecule has 0 aromatic carbocycles. The average Bonchev–Trinajstić information content (AvgIpc) is 2.75. The summed E-state index contributed by atoms with van der Waals surface area (Å²) in [6.07, 6.45) is 6.66. The van der Waals surface area contributed by atoms with E-state index in [4.69, 9.17) is 5.73 Å². The van der Waals surface area contributed by atoms with Gasteiger partial charge in [-0.15, -0.1) is 0 Å². The van der Waals surface area contributed by atoms with E-state index in [1.807, 2.05) is 22.7 Å². The molecule has 0 spiro atoms. The Balaban J connectivity index is 1.83. The van der Waals surface area contributed by atoms with Gasteiger partial charge in [-0.05, 0) is 19.8 Å². The first kappa shape index (κ1) is 17.0. The molecule has 1 aromatic rings. The molecule has 2 rings (SSSR count). The van der Waals surface area contributed by atoms with Gasteiger partial charge in [-0.25, -0.2) is 0 Å². The third-order valence-corrected chi connectivity index (χ3v) is 3.98. The molecule has 1 unspecified atom stereocenters. The van der Waals surface area contributed by atoms with E-state index in [1.54, 1.807) is 0 Å². The van der Waals surface area contributed by atoms with Gasteiger partial charge in [0, 0.05) is 63.5 Å². The monoisotopic (exact) mass is 307 g/mol. The zero-order valence-corrected chi connectivity index (χ0v) is 13.9. The summed E-state index contributed by atoms with van der Waals surface area (Å²) < 4.78 is 2.01. The van der Waals surface area contributed by atoms with Crippen LogP contribution in [0.5, 0.6) is 0 Å². The molecule has 0 aliphatic carbocycles. The van der Waals surface area contributed by atoms with E-state index < -0.39 is 0 Å². The largest absolute Gasteiger partial charge is 0.341 e. The van der Waals surface area contributed by atoms with Crippen molar-refractivity contribution in [3.05, 3.63) is 18.0 Å². The lowest BCUT2D eigenvalue weighted by Crippen LogP contribution is -2.37. The molecule has 1 atom stereocenters. The van der Waals surface area contributed by atoms with Crippen LogP contribution in [0, 0.1) is 0 Å². The molecule has 0 radical (unpaired) electrons. The Kier molecular flexibility index (Phi) is 6.39. The Hall–Kier alpha value is -1.40. The Morgan fingerprint density at radius 1 is 1.36 bits per heavy atom. The summed E-state index contributed by atoms with van der Waals surface area (Å²) in [5.41, 5.74) is 6.98. The van der Waals surface area contributed by atoms with E-state index in [0.29, 0.717) is 6.42 Å². The predicted octanol–water partition coefficient (Wildman–Crippen LogP) is 1.06. The van der Waals surface area contributed by atoms with E-state index in [0.717, 1.165) is 52.1 Å². The fourth-order valence-electron chi connectivity index (χ4n) is 2.88. The quantitative estimate of drug-likeness (QED) is 0.853. The number of nitrogens with zero attached hydrogens (tertiary/aromatic N) is 4. The first-order chi connectivity index (χ1) is 10.6. The molecule has 0 bridgehead atoms. The Bertz CT molecular complexity index is 471. The van der Waals surface area contributed by atoms with Crippen molar-refractivity contribution in [1.29, 1.82) is 0 Å². The van der Waals surface area contributed by atoms with Crippen molar-refractivity contribution in [2.75, 3.05) is 26.2 Å². The fraction of sp³-hybridized carbons (Fsp3) is 0.750. The normalized spacial score (nSPS) is 18.2. The first-order valence-electron chi connectivity index (χ1n) is 8.35. The molecule has 1 amide bonds. The summed E-state index contributed by atoms with van der Waals surface area (Å²) in [7, 11) is 0. The maximum Gasteiger partial charge on any atom is 0.224 e. The van der Waals surface area contributed by atoms with E-state index in [9.17, 15) is 4.79 Å². The first-order valence-corrected chi connectivity index (χ1v) is 8.35. The summed E-state index contributed by atoms with van der Waals surface area (Å²) in [5.74, 6) is 0.188. The van der Waals surface area contributed by atoms with Crippen molar-refractivity contribution in [3.63, 3.8) is 0 Å². The minimum absolute atomic E-state index is 0.0590. The van der Waals surface area contributed by atoms with E-state index >= 15 is 0 Å². The number of carbonyl (C=O) groups is 1. The van der Waals surface area contributed by atoms with Crippen LogP contribution >= 0.6 is 0 Å². The van der Waals surface area contributed by atoms with Gasteiger partial charge in [0.1, 0.15) is 0 Å². The van der Waals surface area contributed by atoms with Crippen LogP contribution in [0.25, 0.3) is 0 Å². The van der Waals surface area contributed by atoms with Crippen molar-refractivity contribution in [3.8, 4) is 0 Å². The van der Waals surface area contributed by atoms with Crippen LogP contribution in [-0.2, 0) is 17.9 Å². The highest BCUT2D eigenvalue weighted by Crippen LogP contribution is 2.10. The second-order valence-corrected chi connectivity index (χ2v) is 6.30. The van der Waals surface area contributed by atoms with Gasteiger partial charge in [-0.1, -0.05) is 6.92 Å². The van der Waals surface area contributed by atoms with Crippen LogP contribution in [0.3, 0.4) is 0 Å². The van der Waals surface area contributed by atoms with Crippen molar-refractivity contribution in [1.82, 2.24) is 19.6 Å². The molecular weight excluding hydrogens is 278 g/mol. The molecule has 6 nitrogen and oxygen atoms in total. The molecule has 1 aromatic heterocycles. The van der Waals surface area contributed by atoms with Crippen LogP contribution in [0.2, 0.25) is 0 Å². The highest BCUT2D eigenvalue weighted by molar-refractivity contribution is 5.76. The maximum absolute atomic E-state index is 12.1. The van der Waals surface area contributed by atoms with Crippen LogP contribution in [0.4, 0.5) is 0 Å². The molecule has 0 saturated carbocycles. The van der Waals surface area contributed by atoms with Crippen LogP contribution < -0.4 is 5.73 Å². The van der Waals surface area contributed by atoms with Gasteiger partial charge in [0.15, 0.2) is 0 Å². The smallest absolute Gasteiger partial charge is 0.224 e. The summed E-state index contributed by atoms with van der Waals surface area (Å²) in [4.78, 5) is 16.5. The lowest BCUT2D eigenvalue weighted by atomic mass is 10.2. The van der Waals surface area contributed by atoms with Gasteiger partial charge in [0.2, 0.25) is 5.91 Å². The predicted molar refractivity (Wildman–Crippen MR) is 87.3 cm³/mol. The molecule has 2 heterocycles. The van der Waals surface area contributed by atoms with Gasteiger partial charge < -0.3 is 10.6 Å². The molecule has 1 aliphatic rings. The molecular formula is C16H29N5O. The van der Waals surface area contributed by atoms with Gasteiger partial charge in [0.25, 0.3) is 0 Å². The van der Waals surface area contributed by atoms with Crippen LogP contribution in [0.1, 0.15) is 38.7 Å². The molecule has 1 aliphatic heterocycles. The number of aromatic nitrogens is 2. The second-order valence-electron chi connectivity index (χ2n) is 6.30. The number of hydrogen-bond donors (Lipinski definition) is 1. The standard InChI is InChI=1S/C16H29N5O/c1-3-5-21-13-15(11-18-21)12-19-6-4-7-20(9-8-19)16(22)10-14(2)17/h11,13-14H,3-10,12,17H2,1-2H3. The zero-order chi connectivity index (χ0) is 15.9. The van der Waals surface area contributed by atoms with Gasteiger partial charge >= 0.3 is 0 Å². The highest BCUT2D eigenvalue weighted by Gasteiger charge is 2.20. The molecule has 1 fully saturated rings. The van der Waals surface area contributed by atoms with Crippen molar-refractivity contribution in [2.45, 2.75) is 52.2 Å². The molecule has 1 saturated heterocycles. The van der Waals surface area contributed by atoms with Crippen molar-refractivity contribution >= 4 is 5.91 Å². The third-order valence-electron chi connectivity index (χ3n) is 3.98. The zero-order valence-electron chi connectivity index (χ0n) is 13.9. The van der Waals surface area contributed by atoms with Gasteiger partial charge in [-0.3, -0.25) is 14.4 Å². The Labute approximate surface area is 133 Å². The number of nitrogens with two attached hydrogens (primary N) is 1. The maximum atomic E-state index is 12.1. The highest BCUT2D eigenvalue weighted by atomic mass is 16.2. The third kappa shape index (κ3) is 5.10. The molecule has 22 heavy (non-hydrogen) atoms. The summed E-state index contributed by atoms with van der Waals surface area (Å²) in [5, 5.41) is 4.38. The lowest BCUT2D eigenvalue weighted by molar-refractivity contribution is -0.131. The SMILES string of the molecule is CCCn1cc(CN2CCCN(C(=O)CC(C)N)CC2)cn1. The van der Waals surface area contributed by atoms with Crippen LogP contribution in [0.15, 0.2) is 12.4 Å². The lowest BCUT2D eigenvalue weighted by Gasteiger charge is -2.22. The van der Waals surface area contributed by atoms with Crippen molar-refractivity contribution < 1.29 is 4.79 Å².